The molecule has 1 aromatic rings. The van der Waals surface area contributed by atoms with Crippen LogP contribution in [0.2, 0.25) is 0 Å². The number of ether oxygens (including phenoxy) is 1. The number of nitrogens with zero attached hydrogens (tertiary/aromatic N) is 1. The maximum atomic E-state index is 12.2. The van der Waals surface area contributed by atoms with Crippen molar-refractivity contribution in [3.8, 4) is 0 Å². The zero-order valence-electron chi connectivity index (χ0n) is 11.7. The summed E-state index contributed by atoms with van der Waals surface area (Å²) in [4.78, 5) is 14.0. The third kappa shape index (κ3) is 4.04. The van der Waals surface area contributed by atoms with Gasteiger partial charge in [-0.25, -0.2) is 0 Å². The summed E-state index contributed by atoms with van der Waals surface area (Å²) < 4.78 is 6.71. The van der Waals surface area contributed by atoms with Crippen molar-refractivity contribution in [1.82, 2.24) is 4.90 Å². The van der Waals surface area contributed by atoms with E-state index in [1.807, 2.05) is 19.2 Å². The first-order valence-corrected chi connectivity index (χ1v) is 7.74. The van der Waals surface area contributed by atoms with E-state index in [0.29, 0.717) is 13.1 Å². The van der Waals surface area contributed by atoms with E-state index in [-0.39, 0.29) is 18.1 Å². The van der Waals surface area contributed by atoms with E-state index < -0.39 is 0 Å². The second kappa shape index (κ2) is 7.20. The van der Waals surface area contributed by atoms with Crippen molar-refractivity contribution in [3.63, 3.8) is 0 Å². The molecule has 2 atom stereocenters. The fourth-order valence-corrected chi connectivity index (χ4v) is 2.63. The molecule has 1 saturated heterocycles. The molecule has 4 nitrogen and oxygen atoms in total. The van der Waals surface area contributed by atoms with Crippen molar-refractivity contribution < 1.29 is 9.53 Å². The summed E-state index contributed by atoms with van der Waals surface area (Å²) in [5, 5.41) is 0. The lowest BCUT2D eigenvalue weighted by Crippen LogP contribution is -2.38. The summed E-state index contributed by atoms with van der Waals surface area (Å²) in [6, 6.07) is 8.17. The van der Waals surface area contributed by atoms with Crippen LogP contribution in [0.25, 0.3) is 0 Å². The number of benzene rings is 1. The van der Waals surface area contributed by atoms with E-state index in [9.17, 15) is 4.79 Å². The molecule has 1 heterocycles. The van der Waals surface area contributed by atoms with Crippen LogP contribution in [0.4, 0.5) is 0 Å². The van der Waals surface area contributed by atoms with Gasteiger partial charge in [0.2, 0.25) is 0 Å². The second-order valence-electron chi connectivity index (χ2n) is 5.20. The molecule has 2 rings (SSSR count). The molecule has 0 bridgehead atoms. The van der Waals surface area contributed by atoms with E-state index in [2.05, 4.69) is 28.1 Å². The van der Waals surface area contributed by atoms with Gasteiger partial charge in [0.25, 0.3) is 5.91 Å². The van der Waals surface area contributed by atoms with Gasteiger partial charge in [-0.2, -0.15) is 0 Å². The highest BCUT2D eigenvalue weighted by molar-refractivity contribution is 9.10. The molecule has 0 radical (unpaired) electrons. The number of halogens is 1. The van der Waals surface area contributed by atoms with Gasteiger partial charge in [0, 0.05) is 24.6 Å². The first kappa shape index (κ1) is 15.5. The molecule has 0 aromatic heterocycles. The summed E-state index contributed by atoms with van der Waals surface area (Å²) in [6.45, 7) is 1.19. The molecular formula is C15H21BrN2O2. The van der Waals surface area contributed by atoms with Gasteiger partial charge in [-0.15, -0.1) is 0 Å². The lowest BCUT2D eigenvalue weighted by molar-refractivity contribution is -0.141. The van der Waals surface area contributed by atoms with Crippen LogP contribution in [0.3, 0.4) is 0 Å². The van der Waals surface area contributed by atoms with E-state index in [1.54, 1.807) is 4.90 Å². The molecule has 20 heavy (non-hydrogen) atoms. The molecule has 5 heteroatoms. The summed E-state index contributed by atoms with van der Waals surface area (Å²) in [5.74, 6) is 0.0676. The smallest absolute Gasteiger partial charge is 0.251 e. The third-order valence-corrected chi connectivity index (χ3v) is 4.20. The average Bonchev–Trinajstić information content (AvgIpc) is 2.94. The summed E-state index contributed by atoms with van der Waals surface area (Å²) in [7, 11) is 1.83. The molecule has 1 fully saturated rings. The van der Waals surface area contributed by atoms with Crippen molar-refractivity contribution in [2.24, 2.45) is 5.73 Å². The largest absolute Gasteiger partial charge is 0.364 e. The fourth-order valence-electron chi connectivity index (χ4n) is 2.36. The molecule has 1 amide bonds. The van der Waals surface area contributed by atoms with Gasteiger partial charge >= 0.3 is 0 Å². The van der Waals surface area contributed by atoms with Crippen LogP contribution in [0, 0.1) is 0 Å². The average molecular weight is 341 g/mol. The zero-order chi connectivity index (χ0) is 14.5. The Morgan fingerprint density at radius 2 is 2.10 bits per heavy atom. The Morgan fingerprint density at radius 1 is 1.40 bits per heavy atom. The molecule has 1 aliphatic rings. The van der Waals surface area contributed by atoms with Crippen LogP contribution in [0.5, 0.6) is 0 Å². The molecule has 0 spiro atoms. The summed E-state index contributed by atoms with van der Waals surface area (Å²) >= 11 is 3.41. The van der Waals surface area contributed by atoms with Crippen LogP contribution in [-0.4, -0.2) is 43.2 Å². The lowest BCUT2D eigenvalue weighted by Gasteiger charge is -2.21. The minimum atomic E-state index is -0.307. The molecule has 110 valence electrons. The fraction of sp³-hybridized carbons (Fsp3) is 0.533. The highest BCUT2D eigenvalue weighted by atomic mass is 79.9. The first-order chi connectivity index (χ1) is 9.60. The Kier molecular flexibility index (Phi) is 5.57. The highest BCUT2D eigenvalue weighted by Gasteiger charge is 2.31. The Bertz CT molecular complexity index is 450. The predicted octanol–water partition coefficient (Wildman–Crippen LogP) is 1.96. The van der Waals surface area contributed by atoms with Crippen LogP contribution >= 0.6 is 15.9 Å². The number of hydrogen-bond donors (Lipinski definition) is 1. The number of likely N-dealkylation sites (N-methyl/N-ethyl adjacent to an activating group) is 1. The number of amides is 1. The summed E-state index contributed by atoms with van der Waals surface area (Å²) in [6.07, 6.45) is 2.25. The van der Waals surface area contributed by atoms with Gasteiger partial charge in [-0.1, -0.05) is 28.1 Å². The van der Waals surface area contributed by atoms with Crippen LogP contribution < -0.4 is 5.73 Å². The molecule has 1 aliphatic heterocycles. The maximum absolute atomic E-state index is 12.2. The number of carbonyl (C=O) groups is 1. The van der Waals surface area contributed by atoms with Gasteiger partial charge in [0.05, 0.1) is 6.10 Å². The first-order valence-electron chi connectivity index (χ1n) is 6.95. The normalized spacial score (nSPS) is 21.9. The number of carbonyl (C=O) groups excluding carboxylic acids is 1. The minimum Gasteiger partial charge on any atom is -0.364 e. The number of nitrogens with two attached hydrogens (primary N) is 1. The lowest BCUT2D eigenvalue weighted by atomic mass is 10.1. The predicted molar refractivity (Wildman–Crippen MR) is 82.4 cm³/mol. The SMILES string of the molecule is CN(CCc1ccc(Br)cc1)C(=O)[C@@H]1CC[C@H](CN)O1. The Labute approximate surface area is 128 Å². The second-order valence-corrected chi connectivity index (χ2v) is 6.11. The summed E-state index contributed by atoms with van der Waals surface area (Å²) in [5.41, 5.74) is 6.79. The van der Waals surface area contributed by atoms with Crippen molar-refractivity contribution in [2.75, 3.05) is 20.1 Å². The Hall–Kier alpha value is -0.910. The Balaban J connectivity index is 1.81. The number of rotatable bonds is 5. The molecule has 0 unspecified atom stereocenters. The standard InChI is InChI=1S/C15H21BrN2O2/c1-18(9-8-11-2-4-12(16)5-3-11)15(19)14-7-6-13(10-17)20-14/h2-5,13-14H,6-10,17H2,1H3/t13-,14+/m1/s1. The van der Waals surface area contributed by atoms with Gasteiger partial charge in [-0.3, -0.25) is 4.79 Å². The van der Waals surface area contributed by atoms with Crippen molar-refractivity contribution >= 4 is 21.8 Å². The van der Waals surface area contributed by atoms with Crippen LogP contribution in [0.1, 0.15) is 18.4 Å². The van der Waals surface area contributed by atoms with E-state index in [0.717, 1.165) is 23.7 Å². The molecule has 0 aliphatic carbocycles. The maximum Gasteiger partial charge on any atom is 0.251 e. The van der Waals surface area contributed by atoms with E-state index in [1.165, 1.54) is 5.56 Å². The van der Waals surface area contributed by atoms with Crippen LogP contribution in [-0.2, 0) is 16.0 Å². The van der Waals surface area contributed by atoms with Crippen LogP contribution in [0.15, 0.2) is 28.7 Å². The molecule has 2 N–H and O–H groups in total. The van der Waals surface area contributed by atoms with Gasteiger partial charge < -0.3 is 15.4 Å². The van der Waals surface area contributed by atoms with Gasteiger partial charge in [0.15, 0.2) is 0 Å². The third-order valence-electron chi connectivity index (χ3n) is 3.67. The van der Waals surface area contributed by atoms with Gasteiger partial charge in [0.1, 0.15) is 6.10 Å². The minimum absolute atomic E-state index is 0.0452. The van der Waals surface area contributed by atoms with Crippen molar-refractivity contribution in [3.05, 3.63) is 34.3 Å². The monoisotopic (exact) mass is 340 g/mol. The van der Waals surface area contributed by atoms with Crippen molar-refractivity contribution in [2.45, 2.75) is 31.5 Å². The highest BCUT2D eigenvalue weighted by Crippen LogP contribution is 2.20. The van der Waals surface area contributed by atoms with E-state index in [4.69, 9.17) is 10.5 Å². The van der Waals surface area contributed by atoms with Gasteiger partial charge in [-0.05, 0) is 37.0 Å². The zero-order valence-corrected chi connectivity index (χ0v) is 13.3. The molecule has 0 saturated carbocycles. The van der Waals surface area contributed by atoms with E-state index >= 15 is 0 Å². The number of hydrogen-bond acceptors (Lipinski definition) is 3. The van der Waals surface area contributed by atoms with Crippen molar-refractivity contribution in [1.29, 1.82) is 0 Å². The molecular weight excluding hydrogens is 320 g/mol. The quantitative estimate of drug-likeness (QED) is 0.891. The topological polar surface area (TPSA) is 55.6 Å². The Morgan fingerprint density at radius 3 is 2.70 bits per heavy atom. The molecule has 1 aromatic carbocycles.